The maximum atomic E-state index is 16.0. The SMILES string of the molecule is CNC(=O)c1cccc(NC(=O)c2nn(C)c3ccc(-c4ccc(-n5cnn(C)c5=O)cc4Br)c(F)c23)c1. The van der Waals surface area contributed by atoms with Crippen molar-refractivity contribution in [3.8, 4) is 16.8 Å². The molecule has 0 bridgehead atoms. The second-order valence-electron chi connectivity index (χ2n) is 8.48. The van der Waals surface area contributed by atoms with Gasteiger partial charge in [0.1, 0.15) is 12.1 Å². The first-order valence-corrected chi connectivity index (χ1v) is 12.2. The topological polar surface area (TPSA) is 116 Å². The summed E-state index contributed by atoms with van der Waals surface area (Å²) in [5.41, 5.74) is 2.09. The number of carbonyl (C=O) groups is 2. The van der Waals surface area contributed by atoms with Gasteiger partial charge in [-0.2, -0.15) is 10.2 Å². The third-order valence-corrected chi connectivity index (χ3v) is 6.78. The van der Waals surface area contributed by atoms with E-state index in [2.05, 4.69) is 36.8 Å². The summed E-state index contributed by atoms with van der Waals surface area (Å²) in [6, 6.07) is 14.8. The fourth-order valence-corrected chi connectivity index (χ4v) is 4.77. The Balaban J connectivity index is 1.55. The lowest BCUT2D eigenvalue weighted by molar-refractivity contribution is 0.0961. The van der Waals surface area contributed by atoms with E-state index >= 15 is 4.39 Å². The Hall–Kier alpha value is -4.58. The number of anilines is 1. The van der Waals surface area contributed by atoms with E-state index in [0.717, 1.165) is 0 Å². The van der Waals surface area contributed by atoms with Crippen LogP contribution in [0.15, 0.2) is 70.2 Å². The number of amides is 2. The average molecular weight is 578 g/mol. The van der Waals surface area contributed by atoms with Crippen LogP contribution in [-0.4, -0.2) is 43.0 Å². The van der Waals surface area contributed by atoms with E-state index in [-0.39, 0.29) is 28.2 Å². The lowest BCUT2D eigenvalue weighted by Crippen LogP contribution is -2.21. The van der Waals surface area contributed by atoms with Crippen LogP contribution in [0.25, 0.3) is 27.7 Å². The quantitative estimate of drug-likeness (QED) is 0.331. The van der Waals surface area contributed by atoms with E-state index in [1.165, 1.54) is 33.4 Å². The first-order chi connectivity index (χ1) is 18.2. The Morgan fingerprint density at radius 2 is 1.74 bits per heavy atom. The van der Waals surface area contributed by atoms with Gasteiger partial charge in [-0.3, -0.25) is 14.3 Å². The molecule has 0 aliphatic rings. The van der Waals surface area contributed by atoms with Crippen LogP contribution < -0.4 is 16.3 Å². The zero-order valence-corrected chi connectivity index (χ0v) is 22.1. The third-order valence-electron chi connectivity index (χ3n) is 6.12. The molecular weight excluding hydrogens is 557 g/mol. The number of hydrogen-bond acceptors (Lipinski definition) is 5. The molecule has 2 heterocycles. The fourth-order valence-electron chi connectivity index (χ4n) is 4.19. The summed E-state index contributed by atoms with van der Waals surface area (Å²) in [5, 5.41) is 13.5. The second-order valence-corrected chi connectivity index (χ2v) is 9.33. The number of fused-ring (bicyclic) bond motifs is 1. The van der Waals surface area contributed by atoms with Gasteiger partial charge < -0.3 is 10.6 Å². The molecule has 10 nitrogen and oxygen atoms in total. The van der Waals surface area contributed by atoms with E-state index in [4.69, 9.17) is 0 Å². The maximum Gasteiger partial charge on any atom is 0.350 e. The summed E-state index contributed by atoms with van der Waals surface area (Å²) in [5.74, 6) is -1.54. The van der Waals surface area contributed by atoms with E-state index in [9.17, 15) is 14.4 Å². The average Bonchev–Trinajstić information content (AvgIpc) is 3.43. The first-order valence-electron chi connectivity index (χ1n) is 11.4. The minimum absolute atomic E-state index is 0.0596. The molecule has 2 amide bonds. The van der Waals surface area contributed by atoms with Gasteiger partial charge in [0, 0.05) is 42.4 Å². The van der Waals surface area contributed by atoms with Crippen LogP contribution in [0.5, 0.6) is 0 Å². The molecule has 192 valence electrons. The van der Waals surface area contributed by atoms with Crippen molar-refractivity contribution in [2.75, 3.05) is 12.4 Å². The molecule has 2 N–H and O–H groups in total. The van der Waals surface area contributed by atoms with E-state index in [1.54, 1.807) is 62.6 Å². The Bertz CT molecular complexity index is 1800. The van der Waals surface area contributed by atoms with E-state index in [0.29, 0.717) is 32.5 Å². The summed E-state index contributed by atoms with van der Waals surface area (Å²) in [6.45, 7) is 0. The predicted octanol–water partition coefficient (Wildman–Crippen LogP) is 3.64. The van der Waals surface area contributed by atoms with E-state index < -0.39 is 11.7 Å². The highest BCUT2D eigenvalue weighted by Crippen LogP contribution is 2.36. The second kappa shape index (κ2) is 9.71. The molecule has 12 heteroatoms. The number of aromatic nitrogens is 5. The summed E-state index contributed by atoms with van der Waals surface area (Å²) in [4.78, 5) is 37.4. The minimum Gasteiger partial charge on any atom is -0.355 e. The van der Waals surface area contributed by atoms with Gasteiger partial charge in [-0.25, -0.2) is 18.4 Å². The summed E-state index contributed by atoms with van der Waals surface area (Å²) in [6.07, 6.45) is 1.40. The largest absolute Gasteiger partial charge is 0.355 e. The van der Waals surface area contributed by atoms with Crippen LogP contribution in [0, 0.1) is 5.82 Å². The maximum absolute atomic E-state index is 16.0. The van der Waals surface area contributed by atoms with Crippen LogP contribution in [-0.2, 0) is 14.1 Å². The molecule has 0 fully saturated rings. The first kappa shape index (κ1) is 25.1. The van der Waals surface area contributed by atoms with E-state index in [1.807, 2.05) is 0 Å². The smallest absolute Gasteiger partial charge is 0.350 e. The van der Waals surface area contributed by atoms with Gasteiger partial charge in [0.05, 0.1) is 16.6 Å². The van der Waals surface area contributed by atoms with Crippen molar-refractivity contribution in [2.24, 2.45) is 14.1 Å². The number of halogens is 2. The molecule has 0 atom stereocenters. The number of hydrogen-bond donors (Lipinski definition) is 2. The van der Waals surface area contributed by atoms with Crippen LogP contribution in [0.1, 0.15) is 20.8 Å². The fraction of sp³-hybridized carbons (Fsp3) is 0.115. The molecule has 3 aromatic carbocycles. The number of nitrogens with zero attached hydrogens (tertiary/aromatic N) is 5. The molecule has 0 saturated heterocycles. The standard InChI is InChI=1S/C26H21BrFN7O3/c1-29-24(36)14-5-4-6-15(11-14)31-25(37)23-21-20(33(2)32-23)10-9-18(22(21)28)17-8-7-16(12-19(17)27)35-13-30-34(3)26(35)38/h4-13H,1-3H3,(H,29,36)(H,31,37). The molecule has 5 aromatic rings. The number of rotatable bonds is 5. The predicted molar refractivity (Wildman–Crippen MR) is 144 cm³/mol. The summed E-state index contributed by atoms with van der Waals surface area (Å²) >= 11 is 3.49. The Labute approximate surface area is 223 Å². The molecule has 2 aromatic heterocycles. The van der Waals surface area contributed by atoms with Crippen molar-refractivity contribution < 1.29 is 14.0 Å². The summed E-state index contributed by atoms with van der Waals surface area (Å²) in [7, 11) is 4.69. The van der Waals surface area contributed by atoms with Crippen molar-refractivity contribution in [1.29, 1.82) is 0 Å². The third kappa shape index (κ3) is 4.28. The van der Waals surface area contributed by atoms with Crippen molar-refractivity contribution in [2.45, 2.75) is 0 Å². The van der Waals surface area contributed by atoms with Gasteiger partial charge in [0.2, 0.25) is 0 Å². The van der Waals surface area contributed by atoms with Crippen molar-refractivity contribution in [3.63, 3.8) is 0 Å². The molecule has 0 radical (unpaired) electrons. The van der Waals surface area contributed by atoms with Crippen LogP contribution in [0.3, 0.4) is 0 Å². The van der Waals surface area contributed by atoms with Gasteiger partial charge in [0.15, 0.2) is 5.69 Å². The minimum atomic E-state index is -0.619. The highest BCUT2D eigenvalue weighted by Gasteiger charge is 2.23. The van der Waals surface area contributed by atoms with Crippen LogP contribution in [0.4, 0.5) is 10.1 Å². The molecule has 0 unspecified atom stereocenters. The van der Waals surface area contributed by atoms with Crippen molar-refractivity contribution in [3.05, 3.63) is 93.0 Å². The monoisotopic (exact) mass is 577 g/mol. The molecule has 38 heavy (non-hydrogen) atoms. The van der Waals surface area contributed by atoms with Gasteiger partial charge in [0.25, 0.3) is 11.8 Å². The van der Waals surface area contributed by atoms with Gasteiger partial charge in [-0.1, -0.05) is 28.1 Å². The Morgan fingerprint density at radius 1 is 0.974 bits per heavy atom. The molecule has 0 saturated carbocycles. The zero-order chi connectivity index (χ0) is 27.1. The zero-order valence-electron chi connectivity index (χ0n) is 20.5. The molecule has 0 aliphatic carbocycles. The van der Waals surface area contributed by atoms with Crippen molar-refractivity contribution >= 4 is 44.3 Å². The summed E-state index contributed by atoms with van der Waals surface area (Å²) < 4.78 is 20.6. The van der Waals surface area contributed by atoms with Crippen molar-refractivity contribution in [1.82, 2.24) is 29.4 Å². The number of benzene rings is 3. The van der Waals surface area contributed by atoms with Gasteiger partial charge in [-0.05, 0) is 48.0 Å². The number of aryl methyl sites for hydroxylation is 2. The molecular formula is C26H21BrFN7O3. The molecule has 0 spiro atoms. The van der Waals surface area contributed by atoms with Crippen LogP contribution >= 0.6 is 15.9 Å². The normalized spacial score (nSPS) is 11.1. The lowest BCUT2D eigenvalue weighted by Gasteiger charge is -2.10. The van der Waals surface area contributed by atoms with Gasteiger partial charge in [-0.15, -0.1) is 0 Å². The Morgan fingerprint density at radius 3 is 2.42 bits per heavy atom. The highest BCUT2D eigenvalue weighted by atomic mass is 79.9. The Kier molecular flexibility index (Phi) is 6.41. The lowest BCUT2D eigenvalue weighted by atomic mass is 10.0. The van der Waals surface area contributed by atoms with Crippen LogP contribution in [0.2, 0.25) is 0 Å². The number of nitrogens with one attached hydrogen (secondary N) is 2. The molecule has 0 aliphatic heterocycles. The van der Waals surface area contributed by atoms with Gasteiger partial charge >= 0.3 is 5.69 Å². The number of carbonyl (C=O) groups excluding carboxylic acids is 2. The highest BCUT2D eigenvalue weighted by molar-refractivity contribution is 9.10. The molecule has 5 rings (SSSR count).